The number of alkyl halides is 3. The molecule has 2 heterocycles. The van der Waals surface area contributed by atoms with E-state index in [4.69, 9.17) is 10.1 Å². The summed E-state index contributed by atoms with van der Waals surface area (Å²) in [5.74, 6) is 0. The zero-order valence-electron chi connectivity index (χ0n) is 13.2. The number of hydrogen-bond donors (Lipinski definition) is 0. The highest BCUT2D eigenvalue weighted by atomic mass is 79.9. The van der Waals surface area contributed by atoms with Crippen molar-refractivity contribution in [3.8, 4) is 6.07 Å². The van der Waals surface area contributed by atoms with E-state index in [1.807, 2.05) is 6.07 Å². The minimum atomic E-state index is -4.69. The van der Waals surface area contributed by atoms with E-state index in [2.05, 4.69) is 26.2 Å². The van der Waals surface area contributed by atoms with Crippen LogP contribution >= 0.6 is 15.9 Å². The van der Waals surface area contributed by atoms with E-state index in [0.717, 1.165) is 4.68 Å². The molecule has 0 saturated carbocycles. The van der Waals surface area contributed by atoms with Crippen LogP contribution in [0, 0.1) is 18.3 Å². The number of hydrogen-bond acceptors (Lipinski definition) is 4. The highest BCUT2D eigenvalue weighted by molar-refractivity contribution is 9.10. The number of nitrogens with zero attached hydrogens (tertiary/aromatic N) is 4. The Balaban J connectivity index is 2.04. The lowest BCUT2D eigenvalue weighted by atomic mass is 9.89. The van der Waals surface area contributed by atoms with Gasteiger partial charge in [-0.3, -0.25) is 4.68 Å². The van der Waals surface area contributed by atoms with Crippen LogP contribution in [0.4, 0.5) is 13.2 Å². The van der Waals surface area contributed by atoms with E-state index >= 15 is 0 Å². The number of oxime groups is 1. The highest BCUT2D eigenvalue weighted by Crippen LogP contribution is 2.48. The molecular weight excluding hydrogens is 401 g/mol. The SMILES string of the molecule is Cc1cc(C2(C(F)(F)F)CC(c3ccc(Br)c(C#N)c3)=NO2)n(C)n1. The third-order valence-electron chi connectivity index (χ3n) is 4.02. The molecule has 1 aliphatic rings. The summed E-state index contributed by atoms with van der Waals surface area (Å²) in [6, 6.07) is 7.98. The Morgan fingerprint density at radius 1 is 1.36 bits per heavy atom. The molecule has 1 aromatic heterocycles. The van der Waals surface area contributed by atoms with Crippen LogP contribution < -0.4 is 0 Å². The van der Waals surface area contributed by atoms with Crippen LogP contribution in [0.3, 0.4) is 0 Å². The Kier molecular flexibility index (Phi) is 4.11. The van der Waals surface area contributed by atoms with Gasteiger partial charge in [-0.2, -0.15) is 23.5 Å². The Morgan fingerprint density at radius 2 is 2.08 bits per heavy atom. The smallest absolute Gasteiger partial charge is 0.372 e. The molecule has 2 aromatic rings. The topological polar surface area (TPSA) is 63.2 Å². The van der Waals surface area contributed by atoms with Gasteiger partial charge in [0.05, 0.1) is 29.1 Å². The molecule has 0 N–H and O–H groups in total. The van der Waals surface area contributed by atoms with Crippen LogP contribution in [0.2, 0.25) is 0 Å². The quantitative estimate of drug-likeness (QED) is 0.749. The predicted molar refractivity (Wildman–Crippen MR) is 86.8 cm³/mol. The van der Waals surface area contributed by atoms with E-state index in [9.17, 15) is 13.2 Å². The van der Waals surface area contributed by atoms with Crippen molar-refractivity contribution in [1.29, 1.82) is 5.26 Å². The summed E-state index contributed by atoms with van der Waals surface area (Å²) in [5.41, 5.74) is -1.42. The van der Waals surface area contributed by atoms with Gasteiger partial charge in [-0.15, -0.1) is 0 Å². The molecule has 3 rings (SSSR count). The molecule has 1 atom stereocenters. The fraction of sp³-hybridized carbons (Fsp3) is 0.312. The Bertz CT molecular complexity index is 913. The fourth-order valence-corrected chi connectivity index (χ4v) is 3.14. The molecule has 0 radical (unpaired) electrons. The molecule has 0 bridgehead atoms. The van der Waals surface area contributed by atoms with Crippen molar-refractivity contribution in [1.82, 2.24) is 9.78 Å². The minimum Gasteiger partial charge on any atom is -0.372 e. The van der Waals surface area contributed by atoms with Crippen LogP contribution in [0.15, 0.2) is 33.9 Å². The van der Waals surface area contributed by atoms with E-state index in [1.54, 1.807) is 19.1 Å². The van der Waals surface area contributed by atoms with Gasteiger partial charge in [0.25, 0.3) is 5.60 Å². The molecule has 25 heavy (non-hydrogen) atoms. The first-order chi connectivity index (χ1) is 11.7. The van der Waals surface area contributed by atoms with Crippen LogP contribution in [0.25, 0.3) is 0 Å². The van der Waals surface area contributed by atoms with Gasteiger partial charge in [0.15, 0.2) is 0 Å². The molecule has 1 unspecified atom stereocenters. The van der Waals surface area contributed by atoms with Gasteiger partial charge < -0.3 is 4.84 Å². The lowest BCUT2D eigenvalue weighted by Gasteiger charge is -2.28. The Hall–Kier alpha value is -2.34. The maximum atomic E-state index is 13.9. The van der Waals surface area contributed by atoms with Crippen molar-refractivity contribution in [2.75, 3.05) is 0 Å². The molecule has 1 aromatic carbocycles. The third-order valence-corrected chi connectivity index (χ3v) is 4.71. The summed E-state index contributed by atoms with van der Waals surface area (Å²) in [5, 5.41) is 16.8. The molecule has 0 amide bonds. The maximum Gasteiger partial charge on any atom is 0.437 e. The predicted octanol–water partition coefficient (Wildman–Crippen LogP) is 3.94. The van der Waals surface area contributed by atoms with Crippen LogP contribution in [-0.2, 0) is 17.5 Å². The van der Waals surface area contributed by atoms with Crippen molar-refractivity contribution in [2.24, 2.45) is 12.2 Å². The van der Waals surface area contributed by atoms with Crippen LogP contribution in [-0.4, -0.2) is 21.7 Å². The first-order valence-corrected chi connectivity index (χ1v) is 8.00. The fourth-order valence-electron chi connectivity index (χ4n) is 2.80. The van der Waals surface area contributed by atoms with E-state index in [1.165, 1.54) is 19.2 Å². The van der Waals surface area contributed by atoms with E-state index in [0.29, 0.717) is 21.3 Å². The van der Waals surface area contributed by atoms with E-state index < -0.39 is 18.2 Å². The zero-order valence-corrected chi connectivity index (χ0v) is 14.8. The number of benzene rings is 1. The molecule has 130 valence electrons. The first kappa shape index (κ1) is 17.5. The molecule has 5 nitrogen and oxygen atoms in total. The summed E-state index contributed by atoms with van der Waals surface area (Å²) >= 11 is 3.22. The zero-order chi connectivity index (χ0) is 18.4. The second-order valence-electron chi connectivity index (χ2n) is 5.73. The monoisotopic (exact) mass is 412 g/mol. The second-order valence-corrected chi connectivity index (χ2v) is 6.59. The molecular formula is C16H12BrF3N4O. The summed E-state index contributed by atoms with van der Waals surface area (Å²) in [6.07, 6.45) is -5.19. The summed E-state index contributed by atoms with van der Waals surface area (Å²) in [4.78, 5) is 4.96. The van der Waals surface area contributed by atoms with Gasteiger partial charge >= 0.3 is 6.18 Å². The Labute approximate surface area is 149 Å². The van der Waals surface area contributed by atoms with Gasteiger partial charge in [0, 0.05) is 17.1 Å². The van der Waals surface area contributed by atoms with E-state index in [-0.39, 0.29) is 11.4 Å². The van der Waals surface area contributed by atoms with Crippen LogP contribution in [0.1, 0.15) is 28.9 Å². The molecule has 0 aliphatic carbocycles. The lowest BCUT2D eigenvalue weighted by Crippen LogP contribution is -2.44. The second kappa shape index (κ2) is 5.88. The molecule has 0 fully saturated rings. The standard InChI is InChI=1S/C16H12BrF3N4O/c1-9-5-14(24(2)22-9)15(16(18,19)20)7-13(23-25-15)10-3-4-12(17)11(6-10)8-21/h3-6H,7H2,1-2H3. The largest absolute Gasteiger partial charge is 0.437 e. The lowest BCUT2D eigenvalue weighted by molar-refractivity contribution is -0.278. The summed E-state index contributed by atoms with van der Waals surface area (Å²) in [6.45, 7) is 1.61. The highest BCUT2D eigenvalue weighted by Gasteiger charge is 2.64. The third kappa shape index (κ3) is 2.80. The minimum absolute atomic E-state index is 0.117. The molecule has 0 spiro atoms. The first-order valence-electron chi connectivity index (χ1n) is 7.21. The normalized spacial score (nSPS) is 20.1. The molecule has 9 heteroatoms. The summed E-state index contributed by atoms with van der Waals surface area (Å²) in [7, 11) is 1.44. The van der Waals surface area contributed by atoms with Gasteiger partial charge in [-0.1, -0.05) is 11.2 Å². The van der Waals surface area contributed by atoms with Crippen molar-refractivity contribution in [3.05, 3.63) is 51.3 Å². The van der Waals surface area contributed by atoms with Gasteiger partial charge in [0.2, 0.25) is 0 Å². The summed E-state index contributed by atoms with van der Waals surface area (Å²) < 4.78 is 43.4. The van der Waals surface area contributed by atoms with Gasteiger partial charge in [-0.05, 0) is 41.1 Å². The Morgan fingerprint density at radius 3 is 2.64 bits per heavy atom. The number of aryl methyl sites for hydroxylation is 2. The van der Waals surface area contributed by atoms with Gasteiger partial charge in [-0.25, -0.2) is 0 Å². The maximum absolute atomic E-state index is 13.9. The number of rotatable bonds is 2. The number of aromatic nitrogens is 2. The number of nitriles is 1. The van der Waals surface area contributed by atoms with Crippen LogP contribution in [0.5, 0.6) is 0 Å². The van der Waals surface area contributed by atoms with Crippen molar-refractivity contribution < 1.29 is 18.0 Å². The van der Waals surface area contributed by atoms with Crippen molar-refractivity contribution >= 4 is 21.6 Å². The van der Waals surface area contributed by atoms with Crippen molar-refractivity contribution in [2.45, 2.75) is 25.1 Å². The molecule has 0 saturated heterocycles. The number of halogens is 4. The molecule has 1 aliphatic heterocycles. The van der Waals surface area contributed by atoms with Crippen molar-refractivity contribution in [3.63, 3.8) is 0 Å². The van der Waals surface area contributed by atoms with Gasteiger partial charge in [0.1, 0.15) is 6.07 Å². The average molecular weight is 413 g/mol. The average Bonchev–Trinajstić information content (AvgIpc) is 3.11.